The molecule has 0 N–H and O–H groups in total. The number of hydrazone groups is 1. The van der Waals surface area contributed by atoms with Gasteiger partial charge in [0.25, 0.3) is 0 Å². The largest absolute Gasteiger partial charge is 0.272 e. The van der Waals surface area contributed by atoms with Crippen molar-refractivity contribution in [1.29, 1.82) is 0 Å². The van der Waals surface area contributed by atoms with Gasteiger partial charge >= 0.3 is 0 Å². The molecule has 2 aliphatic rings. The summed E-state index contributed by atoms with van der Waals surface area (Å²) in [5.74, 6) is -0.329. The Morgan fingerprint density at radius 1 is 1.30 bits per heavy atom. The van der Waals surface area contributed by atoms with Crippen LogP contribution in [-0.2, 0) is 9.59 Å². The molecule has 0 radical (unpaired) electrons. The molecule has 2 heterocycles. The second-order valence-electron chi connectivity index (χ2n) is 2.15. The molecule has 1 fully saturated rings. The molecule has 0 atom stereocenters. The first kappa shape index (κ1) is 5.40. The van der Waals surface area contributed by atoms with Crippen molar-refractivity contribution < 1.29 is 9.59 Å². The van der Waals surface area contributed by atoms with Gasteiger partial charge in [0.05, 0.1) is 0 Å². The number of hydrogen-bond donors (Lipinski definition) is 0. The zero-order chi connectivity index (χ0) is 7.14. The second kappa shape index (κ2) is 1.56. The summed E-state index contributed by atoms with van der Waals surface area (Å²) in [4.78, 5) is 21.7. The summed E-state index contributed by atoms with van der Waals surface area (Å²) in [7, 11) is 0. The van der Waals surface area contributed by atoms with Crippen LogP contribution in [-0.4, -0.2) is 28.3 Å². The van der Waals surface area contributed by atoms with Crippen LogP contribution in [0.5, 0.6) is 0 Å². The first-order chi connectivity index (χ1) is 4.79. The molecule has 10 heavy (non-hydrogen) atoms. The Balaban J connectivity index is 2.16. The summed E-state index contributed by atoms with van der Waals surface area (Å²) in [5.41, 5.74) is 0. The fourth-order valence-electron chi connectivity index (χ4n) is 0.920. The number of carbonyl (C=O) groups is 2. The van der Waals surface area contributed by atoms with E-state index in [0.29, 0.717) is 12.8 Å². The maximum atomic E-state index is 10.8. The van der Waals surface area contributed by atoms with Crippen molar-refractivity contribution in [3.63, 3.8) is 0 Å². The van der Waals surface area contributed by atoms with Gasteiger partial charge in [0, 0.05) is 12.8 Å². The molecule has 52 valence electrons. The van der Waals surface area contributed by atoms with Crippen LogP contribution in [0.15, 0.2) is 5.10 Å². The smallest absolute Gasteiger partial charge is 0.250 e. The van der Waals surface area contributed by atoms with Crippen molar-refractivity contribution in [2.24, 2.45) is 5.10 Å². The summed E-state index contributed by atoms with van der Waals surface area (Å²) in [6.45, 7) is 0. The first-order valence-corrected chi connectivity index (χ1v) is 2.98. The van der Waals surface area contributed by atoms with Gasteiger partial charge in [0.15, 0.2) is 6.34 Å². The second-order valence-corrected chi connectivity index (χ2v) is 2.15. The van der Waals surface area contributed by atoms with Crippen LogP contribution in [0.2, 0.25) is 0 Å². The van der Waals surface area contributed by atoms with Crippen LogP contribution in [0.3, 0.4) is 0 Å². The molecule has 0 aromatic heterocycles. The van der Waals surface area contributed by atoms with E-state index in [2.05, 4.69) is 5.10 Å². The van der Waals surface area contributed by atoms with Crippen molar-refractivity contribution in [2.45, 2.75) is 12.8 Å². The Labute approximate surface area is 56.9 Å². The zero-order valence-electron chi connectivity index (χ0n) is 5.15. The first-order valence-electron chi connectivity index (χ1n) is 2.98. The normalized spacial score (nSPS) is 22.8. The maximum absolute atomic E-state index is 10.8. The standard InChI is InChI=1S/C5H5N3O2/c9-4-1-2-5(10)8(4)7-3-6-7/h3H,1-2H2. The summed E-state index contributed by atoms with van der Waals surface area (Å²) < 4.78 is 0. The van der Waals surface area contributed by atoms with Gasteiger partial charge in [-0.05, 0) is 0 Å². The fraction of sp³-hybridized carbons (Fsp3) is 0.400. The van der Waals surface area contributed by atoms with Crippen molar-refractivity contribution in [1.82, 2.24) is 10.1 Å². The fourth-order valence-corrected chi connectivity index (χ4v) is 0.920. The molecule has 2 aliphatic heterocycles. The number of imide groups is 1. The van der Waals surface area contributed by atoms with Crippen LogP contribution < -0.4 is 0 Å². The van der Waals surface area contributed by atoms with E-state index in [1.54, 1.807) is 0 Å². The number of amides is 2. The molecule has 0 spiro atoms. The molecule has 0 aliphatic carbocycles. The van der Waals surface area contributed by atoms with E-state index in [1.165, 1.54) is 11.5 Å². The lowest BCUT2D eigenvalue weighted by Gasteiger charge is -2.10. The lowest BCUT2D eigenvalue weighted by Crippen LogP contribution is -2.34. The van der Waals surface area contributed by atoms with Gasteiger partial charge in [-0.1, -0.05) is 0 Å². The summed E-state index contributed by atoms with van der Waals surface area (Å²) >= 11 is 0. The molecule has 1 saturated heterocycles. The monoisotopic (exact) mass is 139 g/mol. The number of carbonyl (C=O) groups excluding carboxylic acids is 2. The van der Waals surface area contributed by atoms with Crippen LogP contribution in [0.1, 0.15) is 12.8 Å². The summed E-state index contributed by atoms with van der Waals surface area (Å²) in [6.07, 6.45) is 2.07. The van der Waals surface area contributed by atoms with E-state index < -0.39 is 0 Å². The lowest BCUT2D eigenvalue weighted by molar-refractivity contribution is -0.147. The van der Waals surface area contributed by atoms with E-state index in [-0.39, 0.29) is 11.8 Å². The molecule has 0 unspecified atom stereocenters. The molecule has 5 nitrogen and oxygen atoms in total. The zero-order valence-corrected chi connectivity index (χ0v) is 5.15. The average Bonchev–Trinajstić information content (AvgIpc) is 2.64. The van der Waals surface area contributed by atoms with Gasteiger partial charge in [0.2, 0.25) is 11.8 Å². The number of rotatable bonds is 1. The maximum Gasteiger partial charge on any atom is 0.250 e. The third-order valence-electron chi connectivity index (χ3n) is 1.45. The van der Waals surface area contributed by atoms with E-state index in [4.69, 9.17) is 0 Å². The van der Waals surface area contributed by atoms with Crippen molar-refractivity contribution in [2.75, 3.05) is 0 Å². The predicted molar refractivity (Wildman–Crippen MR) is 31.4 cm³/mol. The highest BCUT2D eigenvalue weighted by Crippen LogP contribution is 2.17. The van der Waals surface area contributed by atoms with Gasteiger partial charge in [0.1, 0.15) is 0 Å². The SMILES string of the molecule is O=C1CCC(=O)N1N1C=N1. The minimum absolute atomic E-state index is 0.164. The Bertz CT molecular complexity index is 213. The third-order valence-corrected chi connectivity index (χ3v) is 1.45. The topological polar surface area (TPSA) is 52.8 Å². The van der Waals surface area contributed by atoms with Crippen molar-refractivity contribution in [3.05, 3.63) is 0 Å². The number of hydrazine groups is 1. The summed E-state index contributed by atoms with van der Waals surface area (Å²) in [6, 6.07) is 0. The van der Waals surface area contributed by atoms with Crippen LogP contribution >= 0.6 is 0 Å². The van der Waals surface area contributed by atoms with Gasteiger partial charge in [-0.15, -0.1) is 10.2 Å². The highest BCUT2D eigenvalue weighted by atomic mass is 16.2. The Morgan fingerprint density at radius 3 is 2.20 bits per heavy atom. The molecule has 5 heteroatoms. The lowest BCUT2D eigenvalue weighted by atomic mass is 10.4. The van der Waals surface area contributed by atoms with Gasteiger partial charge in [-0.2, -0.15) is 5.01 Å². The van der Waals surface area contributed by atoms with E-state index >= 15 is 0 Å². The molecule has 0 aromatic rings. The van der Waals surface area contributed by atoms with Gasteiger partial charge in [-0.3, -0.25) is 9.59 Å². The minimum atomic E-state index is -0.164. The number of hydrogen-bond acceptors (Lipinski definition) is 4. The van der Waals surface area contributed by atoms with E-state index in [1.807, 2.05) is 0 Å². The highest BCUT2D eigenvalue weighted by Gasteiger charge is 2.36. The summed E-state index contributed by atoms with van der Waals surface area (Å²) in [5, 5.41) is 5.89. The highest BCUT2D eigenvalue weighted by molar-refractivity contribution is 6.03. The molecule has 0 bridgehead atoms. The molecular formula is C5H5N3O2. The molecule has 2 amide bonds. The molecular weight excluding hydrogens is 134 g/mol. The number of nitrogens with zero attached hydrogens (tertiary/aromatic N) is 3. The minimum Gasteiger partial charge on any atom is -0.272 e. The predicted octanol–water partition coefficient (Wildman–Crippen LogP) is -0.691. The van der Waals surface area contributed by atoms with Crippen LogP contribution in [0.4, 0.5) is 0 Å². The average molecular weight is 139 g/mol. The quantitative estimate of drug-likeness (QED) is 0.452. The van der Waals surface area contributed by atoms with Crippen molar-refractivity contribution in [3.8, 4) is 0 Å². The van der Waals surface area contributed by atoms with Crippen molar-refractivity contribution >= 4 is 18.2 Å². The Hall–Kier alpha value is -1.39. The Morgan fingerprint density at radius 2 is 1.80 bits per heavy atom. The van der Waals surface area contributed by atoms with E-state index in [9.17, 15) is 9.59 Å². The van der Waals surface area contributed by atoms with Gasteiger partial charge < -0.3 is 0 Å². The molecule has 0 saturated carbocycles. The molecule has 2 rings (SSSR count). The third kappa shape index (κ3) is 0.601. The molecule has 0 aromatic carbocycles. The van der Waals surface area contributed by atoms with E-state index in [0.717, 1.165) is 5.01 Å². The van der Waals surface area contributed by atoms with Crippen LogP contribution in [0.25, 0.3) is 0 Å². The Kier molecular flexibility index (Phi) is 0.841. The van der Waals surface area contributed by atoms with Gasteiger partial charge in [-0.25, -0.2) is 0 Å². The van der Waals surface area contributed by atoms with Crippen LogP contribution in [0, 0.1) is 0 Å².